The van der Waals surface area contributed by atoms with E-state index in [9.17, 15) is 0 Å². The van der Waals surface area contributed by atoms with E-state index in [0.29, 0.717) is 12.1 Å². The predicted molar refractivity (Wildman–Crippen MR) is 137 cm³/mol. The van der Waals surface area contributed by atoms with Gasteiger partial charge in [-0.15, -0.1) is 0 Å². The van der Waals surface area contributed by atoms with Gasteiger partial charge in [-0.3, -0.25) is 0 Å². The summed E-state index contributed by atoms with van der Waals surface area (Å²) >= 11 is 0. The quantitative estimate of drug-likeness (QED) is 0.563. The molecule has 166 valence electrons. The van der Waals surface area contributed by atoms with Crippen molar-refractivity contribution in [3.63, 3.8) is 0 Å². The maximum Gasteiger partial charge on any atom is 0.112 e. The zero-order valence-electron chi connectivity index (χ0n) is 19.3. The molecule has 4 aliphatic rings. The average Bonchev–Trinajstić information content (AvgIpc) is 3.44. The Hall–Kier alpha value is -2.66. The highest BCUT2D eigenvalue weighted by Crippen LogP contribution is 2.32. The molecule has 2 unspecified atom stereocenters. The van der Waals surface area contributed by atoms with Gasteiger partial charge in [0.05, 0.1) is 25.4 Å². The summed E-state index contributed by atoms with van der Waals surface area (Å²) in [5.41, 5.74) is 2.65. The van der Waals surface area contributed by atoms with Gasteiger partial charge in [0.15, 0.2) is 0 Å². The molecule has 3 aliphatic heterocycles. The number of fused-ring (bicyclic) bond motifs is 13. The van der Waals surface area contributed by atoms with Crippen molar-refractivity contribution in [1.29, 1.82) is 0 Å². The Morgan fingerprint density at radius 3 is 1.66 bits per heavy atom. The van der Waals surface area contributed by atoms with Crippen LogP contribution in [0.25, 0.3) is 0 Å². The summed E-state index contributed by atoms with van der Waals surface area (Å²) in [5.74, 6) is 0. The van der Waals surface area contributed by atoms with Gasteiger partial charge in [0, 0.05) is 36.2 Å². The molecular weight excluding hydrogens is 408 g/mol. The number of hydrogen-bond donors (Lipinski definition) is 0. The molecule has 1 aliphatic carbocycles. The summed E-state index contributed by atoms with van der Waals surface area (Å²) in [4.78, 5) is 10.1. The first-order chi connectivity index (χ1) is 15.6. The molecule has 0 amide bonds. The minimum Gasteiger partial charge on any atom is -0.353 e. The van der Waals surface area contributed by atoms with Crippen LogP contribution in [0.1, 0.15) is 32.1 Å². The van der Waals surface area contributed by atoms with Gasteiger partial charge in [0.25, 0.3) is 0 Å². The first-order valence-electron chi connectivity index (χ1n) is 12.2. The van der Waals surface area contributed by atoms with E-state index in [1.54, 1.807) is 0 Å². The number of benzene rings is 2. The molecule has 1 saturated carbocycles. The first kappa shape index (κ1) is 20.0. The Morgan fingerprint density at radius 2 is 1.16 bits per heavy atom. The van der Waals surface area contributed by atoms with Gasteiger partial charge in [-0.1, -0.05) is 67.0 Å². The second-order valence-corrected chi connectivity index (χ2v) is 14.8. The van der Waals surface area contributed by atoms with Crippen molar-refractivity contribution < 1.29 is 0 Å². The molecule has 4 nitrogen and oxygen atoms in total. The van der Waals surface area contributed by atoms with Gasteiger partial charge in [-0.25, -0.2) is 0 Å². The van der Waals surface area contributed by atoms with Gasteiger partial charge in [0.2, 0.25) is 0 Å². The molecule has 2 atom stereocenters. The van der Waals surface area contributed by atoms with E-state index >= 15 is 0 Å². The minimum absolute atomic E-state index is 0.564. The number of rotatable bonds is 0. The monoisotopic (exact) mass is 442 g/mol. The lowest BCUT2D eigenvalue weighted by atomic mass is 10.0. The van der Waals surface area contributed by atoms with Crippen molar-refractivity contribution in [1.82, 2.24) is 9.80 Å². The van der Waals surface area contributed by atoms with Gasteiger partial charge in [0.1, 0.15) is 8.07 Å². The molecule has 3 heterocycles. The largest absolute Gasteiger partial charge is 0.353 e. The van der Waals surface area contributed by atoms with Crippen LogP contribution in [0.2, 0.25) is 13.1 Å². The summed E-state index contributed by atoms with van der Waals surface area (Å²) in [6.07, 6.45) is 15.9. The maximum atomic E-state index is 2.61. The molecular formula is C27H34N4Si. The van der Waals surface area contributed by atoms with E-state index in [0.717, 1.165) is 13.3 Å². The van der Waals surface area contributed by atoms with Crippen molar-refractivity contribution >= 4 is 29.8 Å². The van der Waals surface area contributed by atoms with Crippen LogP contribution in [0.4, 0.5) is 11.4 Å². The Balaban J connectivity index is 1.46. The topological polar surface area (TPSA) is 13.0 Å². The molecule has 6 rings (SSSR count). The van der Waals surface area contributed by atoms with Gasteiger partial charge in [-0.05, 0) is 37.1 Å². The van der Waals surface area contributed by atoms with E-state index in [1.807, 2.05) is 0 Å². The van der Waals surface area contributed by atoms with Crippen molar-refractivity contribution in [3.8, 4) is 0 Å². The minimum atomic E-state index is -1.80. The molecule has 8 bridgehead atoms. The molecule has 0 N–H and O–H groups in total. The summed E-state index contributed by atoms with van der Waals surface area (Å²) < 4.78 is 0. The third-order valence-electron chi connectivity index (χ3n) is 8.10. The predicted octanol–water partition coefficient (Wildman–Crippen LogP) is 4.33. The number of nitrogens with zero attached hydrogens (tertiary/aromatic N) is 4. The molecule has 0 spiro atoms. The Bertz CT molecular complexity index is 980. The first-order valence-corrected chi connectivity index (χ1v) is 15.2. The molecule has 32 heavy (non-hydrogen) atoms. The van der Waals surface area contributed by atoms with E-state index < -0.39 is 8.07 Å². The molecule has 5 heteroatoms. The zero-order chi connectivity index (χ0) is 21.7. The number of hydrogen-bond acceptors (Lipinski definition) is 4. The van der Waals surface area contributed by atoms with Crippen LogP contribution in [0.15, 0.2) is 73.3 Å². The van der Waals surface area contributed by atoms with Crippen LogP contribution in [-0.2, 0) is 0 Å². The van der Waals surface area contributed by atoms with Crippen LogP contribution < -0.4 is 20.2 Å². The maximum absolute atomic E-state index is 2.61. The van der Waals surface area contributed by atoms with Crippen LogP contribution in [0, 0.1) is 0 Å². The van der Waals surface area contributed by atoms with Crippen molar-refractivity contribution in [2.45, 2.75) is 57.3 Å². The fourth-order valence-electron chi connectivity index (χ4n) is 5.99. The van der Waals surface area contributed by atoms with Gasteiger partial charge >= 0.3 is 0 Å². The third-order valence-corrected chi connectivity index (χ3v) is 11.6. The highest BCUT2D eigenvalue weighted by Gasteiger charge is 2.36. The Labute approximate surface area is 193 Å². The summed E-state index contributed by atoms with van der Waals surface area (Å²) in [6, 6.07) is 19.8. The SMILES string of the molecule is C[Si]1(C)c2cccc(c2)N2C=CN(C2)C2CCCCCC2N2C=CN(C2)c2cccc1c2. The highest BCUT2D eigenvalue weighted by atomic mass is 28.3. The van der Waals surface area contributed by atoms with E-state index in [1.165, 1.54) is 53.9 Å². The molecule has 0 saturated heterocycles. The molecule has 2 aromatic rings. The average molecular weight is 443 g/mol. The number of anilines is 2. The lowest BCUT2D eigenvalue weighted by Crippen LogP contribution is -2.53. The third kappa shape index (κ3) is 3.34. The smallest absolute Gasteiger partial charge is 0.112 e. The van der Waals surface area contributed by atoms with Crippen molar-refractivity contribution in [3.05, 3.63) is 73.3 Å². The van der Waals surface area contributed by atoms with Crippen LogP contribution in [-0.4, -0.2) is 43.3 Å². The summed E-state index contributed by atoms with van der Waals surface area (Å²) in [7, 11) is -1.80. The van der Waals surface area contributed by atoms with Crippen molar-refractivity contribution in [2.75, 3.05) is 23.1 Å². The standard InChI is InChI=1S/C27H34N4Si/c1-32(2)24-10-6-8-22(18-24)28-14-16-30(20-28)26-12-4-3-5-13-27(26)31-17-15-29(21-31)23-9-7-11-25(32)19-23/h6-11,14-19,26-27H,3-5,12-13,20-21H2,1-2H3. The van der Waals surface area contributed by atoms with Crippen molar-refractivity contribution in [2.24, 2.45) is 0 Å². The molecule has 1 fully saturated rings. The fraction of sp³-hybridized carbons (Fsp3) is 0.407. The van der Waals surface area contributed by atoms with E-state index in [2.05, 4.69) is 106 Å². The van der Waals surface area contributed by atoms with E-state index in [-0.39, 0.29) is 0 Å². The van der Waals surface area contributed by atoms with Crippen LogP contribution in [0.5, 0.6) is 0 Å². The second kappa shape index (κ2) is 7.73. The Kier molecular flexibility index (Phi) is 4.83. The molecule has 0 aromatic heterocycles. The highest BCUT2D eigenvalue weighted by molar-refractivity contribution is 7.00. The van der Waals surface area contributed by atoms with Crippen LogP contribution >= 0.6 is 0 Å². The molecule has 2 aromatic carbocycles. The van der Waals surface area contributed by atoms with Crippen LogP contribution in [0.3, 0.4) is 0 Å². The van der Waals surface area contributed by atoms with Gasteiger partial charge in [-0.2, -0.15) is 0 Å². The lowest BCUT2D eigenvalue weighted by Gasteiger charge is -2.39. The van der Waals surface area contributed by atoms with Gasteiger partial charge < -0.3 is 19.6 Å². The Morgan fingerprint density at radius 1 is 0.656 bits per heavy atom. The summed E-state index contributed by atoms with van der Waals surface area (Å²) in [5, 5.41) is 3.00. The summed E-state index contributed by atoms with van der Waals surface area (Å²) in [6.45, 7) is 6.89. The second-order valence-electron chi connectivity index (χ2n) is 10.3. The fourth-order valence-corrected chi connectivity index (χ4v) is 8.37. The normalized spacial score (nSPS) is 25.9. The van der Waals surface area contributed by atoms with E-state index in [4.69, 9.17) is 0 Å². The lowest BCUT2D eigenvalue weighted by molar-refractivity contribution is 0.148. The molecule has 0 radical (unpaired) electrons. The zero-order valence-corrected chi connectivity index (χ0v) is 20.3.